The number of rotatable bonds is 8. The highest BCUT2D eigenvalue weighted by Crippen LogP contribution is 2.29. The molecule has 0 bridgehead atoms. The lowest BCUT2D eigenvalue weighted by Gasteiger charge is -2.10. The van der Waals surface area contributed by atoms with Crippen LogP contribution in [0.3, 0.4) is 0 Å². The highest BCUT2D eigenvalue weighted by atomic mass is 16.5. The van der Waals surface area contributed by atoms with Crippen molar-refractivity contribution in [1.29, 1.82) is 0 Å². The van der Waals surface area contributed by atoms with Gasteiger partial charge in [0.2, 0.25) is 0 Å². The second-order valence-corrected chi connectivity index (χ2v) is 4.47. The molecule has 0 aliphatic carbocycles. The van der Waals surface area contributed by atoms with Crippen LogP contribution in [0.15, 0.2) is 48.5 Å². The first-order valence-electron chi connectivity index (χ1n) is 6.72. The second kappa shape index (κ2) is 8.25. The second-order valence-electron chi connectivity index (χ2n) is 4.47. The van der Waals surface area contributed by atoms with Crippen molar-refractivity contribution >= 4 is 5.97 Å². The van der Waals surface area contributed by atoms with Gasteiger partial charge in [-0.1, -0.05) is 19.1 Å². The first-order chi connectivity index (χ1) is 9.62. The van der Waals surface area contributed by atoms with Gasteiger partial charge in [-0.05, 0) is 13.3 Å². The van der Waals surface area contributed by atoms with Crippen molar-refractivity contribution in [2.75, 3.05) is 19.8 Å². The maximum Gasteiger partial charge on any atom is 0.334 e. The SMILES string of the molecule is C=CCC1=C(OCC(C)C=C)CO/C1=C\C(=O)OCC. The summed E-state index contributed by atoms with van der Waals surface area (Å²) in [4.78, 5) is 11.5. The van der Waals surface area contributed by atoms with E-state index >= 15 is 0 Å². The predicted molar refractivity (Wildman–Crippen MR) is 77.8 cm³/mol. The summed E-state index contributed by atoms with van der Waals surface area (Å²) in [6.45, 7) is 12.4. The summed E-state index contributed by atoms with van der Waals surface area (Å²) >= 11 is 0. The van der Waals surface area contributed by atoms with Gasteiger partial charge < -0.3 is 14.2 Å². The predicted octanol–water partition coefficient (Wildman–Crippen LogP) is 3.13. The fourth-order valence-corrected chi connectivity index (χ4v) is 1.66. The Morgan fingerprint density at radius 3 is 2.85 bits per heavy atom. The van der Waals surface area contributed by atoms with Gasteiger partial charge in [0.25, 0.3) is 0 Å². The molecule has 0 N–H and O–H groups in total. The molecule has 1 atom stereocenters. The average molecular weight is 278 g/mol. The lowest BCUT2D eigenvalue weighted by atomic mass is 10.1. The van der Waals surface area contributed by atoms with Gasteiger partial charge in [-0.2, -0.15) is 0 Å². The molecule has 1 aliphatic rings. The molecule has 0 aromatic carbocycles. The largest absolute Gasteiger partial charge is 0.493 e. The molecule has 1 aliphatic heterocycles. The Hall–Kier alpha value is -1.97. The zero-order chi connectivity index (χ0) is 15.0. The third kappa shape index (κ3) is 4.61. The molecule has 1 heterocycles. The van der Waals surface area contributed by atoms with E-state index in [2.05, 4.69) is 13.2 Å². The van der Waals surface area contributed by atoms with Crippen LogP contribution in [0.4, 0.5) is 0 Å². The van der Waals surface area contributed by atoms with Crippen molar-refractivity contribution < 1.29 is 19.0 Å². The molecule has 0 saturated heterocycles. The number of hydrogen-bond acceptors (Lipinski definition) is 4. The minimum atomic E-state index is -0.412. The molecule has 0 fully saturated rings. The van der Waals surface area contributed by atoms with Crippen LogP contribution < -0.4 is 0 Å². The molecule has 0 saturated carbocycles. The topological polar surface area (TPSA) is 44.8 Å². The number of carbonyl (C=O) groups is 1. The van der Waals surface area contributed by atoms with Gasteiger partial charge in [-0.25, -0.2) is 4.79 Å². The van der Waals surface area contributed by atoms with Crippen LogP contribution in [0.5, 0.6) is 0 Å². The van der Waals surface area contributed by atoms with Gasteiger partial charge in [0.05, 0.1) is 19.3 Å². The van der Waals surface area contributed by atoms with E-state index in [0.29, 0.717) is 32.0 Å². The number of allylic oxidation sites excluding steroid dienone is 2. The summed E-state index contributed by atoms with van der Waals surface area (Å²) in [6, 6.07) is 0. The number of ether oxygens (including phenoxy) is 3. The Balaban J connectivity index is 2.82. The number of esters is 1. The van der Waals surface area contributed by atoms with Crippen molar-refractivity contribution in [1.82, 2.24) is 0 Å². The lowest BCUT2D eigenvalue weighted by Crippen LogP contribution is -2.04. The molecule has 4 heteroatoms. The molecule has 0 aromatic heterocycles. The monoisotopic (exact) mass is 278 g/mol. The summed E-state index contributed by atoms with van der Waals surface area (Å²) in [6.07, 6.45) is 5.53. The summed E-state index contributed by atoms with van der Waals surface area (Å²) in [5, 5.41) is 0. The van der Waals surface area contributed by atoms with E-state index in [9.17, 15) is 4.79 Å². The third-order valence-electron chi connectivity index (χ3n) is 2.80. The highest BCUT2D eigenvalue weighted by molar-refractivity contribution is 5.83. The van der Waals surface area contributed by atoms with E-state index in [1.165, 1.54) is 6.08 Å². The van der Waals surface area contributed by atoms with Gasteiger partial charge in [0.1, 0.15) is 18.1 Å². The molecule has 20 heavy (non-hydrogen) atoms. The molecular weight excluding hydrogens is 256 g/mol. The molecule has 0 radical (unpaired) electrons. The first kappa shape index (κ1) is 16.1. The summed E-state index contributed by atoms with van der Waals surface area (Å²) in [7, 11) is 0. The Morgan fingerprint density at radius 2 is 2.25 bits per heavy atom. The van der Waals surface area contributed by atoms with Gasteiger partial charge in [-0.15, -0.1) is 13.2 Å². The highest BCUT2D eigenvalue weighted by Gasteiger charge is 2.23. The molecule has 110 valence electrons. The third-order valence-corrected chi connectivity index (χ3v) is 2.80. The van der Waals surface area contributed by atoms with Gasteiger partial charge in [0, 0.05) is 11.5 Å². The molecule has 1 unspecified atom stereocenters. The molecule has 4 nitrogen and oxygen atoms in total. The normalized spacial score (nSPS) is 17.6. The van der Waals surface area contributed by atoms with E-state index in [-0.39, 0.29) is 5.92 Å². The van der Waals surface area contributed by atoms with Gasteiger partial charge in [0.15, 0.2) is 0 Å². The summed E-state index contributed by atoms with van der Waals surface area (Å²) in [5.41, 5.74) is 0.851. The van der Waals surface area contributed by atoms with Crippen molar-refractivity contribution in [2.45, 2.75) is 20.3 Å². The fraction of sp³-hybridized carbons (Fsp3) is 0.438. The number of carbonyl (C=O) groups excluding carboxylic acids is 1. The van der Waals surface area contributed by atoms with Crippen molar-refractivity contribution in [2.24, 2.45) is 5.92 Å². The average Bonchev–Trinajstić information content (AvgIpc) is 2.79. The quantitative estimate of drug-likeness (QED) is 0.389. The summed E-state index contributed by atoms with van der Waals surface area (Å²) < 4.78 is 16.1. The maximum atomic E-state index is 11.5. The van der Waals surface area contributed by atoms with Gasteiger partial charge in [-0.3, -0.25) is 0 Å². The Labute approximate surface area is 120 Å². The van der Waals surface area contributed by atoms with Crippen molar-refractivity contribution in [3.8, 4) is 0 Å². The van der Waals surface area contributed by atoms with Crippen LogP contribution in [-0.4, -0.2) is 25.8 Å². The fourth-order valence-electron chi connectivity index (χ4n) is 1.66. The van der Waals surface area contributed by atoms with Crippen molar-refractivity contribution in [3.63, 3.8) is 0 Å². The number of hydrogen-bond donors (Lipinski definition) is 0. The van der Waals surface area contributed by atoms with Crippen LogP contribution in [0.1, 0.15) is 20.3 Å². The summed E-state index contributed by atoms with van der Waals surface area (Å²) in [5.74, 6) is 1.09. The van der Waals surface area contributed by atoms with E-state index < -0.39 is 5.97 Å². The van der Waals surface area contributed by atoms with Gasteiger partial charge >= 0.3 is 5.97 Å². The Bertz CT molecular complexity index is 432. The first-order valence-corrected chi connectivity index (χ1v) is 6.72. The molecular formula is C16H22O4. The minimum Gasteiger partial charge on any atom is -0.493 e. The molecule has 0 amide bonds. The zero-order valence-electron chi connectivity index (χ0n) is 12.2. The maximum absolute atomic E-state index is 11.5. The van der Waals surface area contributed by atoms with Crippen LogP contribution in [0, 0.1) is 5.92 Å². The smallest absolute Gasteiger partial charge is 0.334 e. The van der Waals surface area contributed by atoms with Crippen LogP contribution in [0.2, 0.25) is 0 Å². The molecule has 1 rings (SSSR count). The van der Waals surface area contributed by atoms with E-state index in [1.807, 2.05) is 13.0 Å². The van der Waals surface area contributed by atoms with Crippen LogP contribution in [0.25, 0.3) is 0 Å². The van der Waals surface area contributed by atoms with E-state index in [4.69, 9.17) is 14.2 Å². The lowest BCUT2D eigenvalue weighted by molar-refractivity contribution is -0.137. The van der Waals surface area contributed by atoms with E-state index in [0.717, 1.165) is 11.3 Å². The van der Waals surface area contributed by atoms with Crippen molar-refractivity contribution in [3.05, 3.63) is 48.5 Å². The van der Waals surface area contributed by atoms with E-state index in [1.54, 1.807) is 13.0 Å². The Morgan fingerprint density at radius 1 is 1.50 bits per heavy atom. The molecule has 0 aromatic rings. The minimum absolute atomic E-state index is 0.255. The van der Waals surface area contributed by atoms with Crippen LogP contribution in [-0.2, 0) is 19.0 Å². The Kier molecular flexibility index (Phi) is 6.64. The zero-order valence-corrected chi connectivity index (χ0v) is 12.2. The molecule has 0 spiro atoms. The van der Waals surface area contributed by atoms with Crippen LogP contribution >= 0.6 is 0 Å². The standard InChI is InChI=1S/C16H22O4/c1-5-8-13-14(9-16(17)18-7-3)20-11-15(13)19-10-12(4)6-2/h5-6,9,12H,1-2,7-8,10-11H2,3-4H3/b14-9-.